The Morgan fingerprint density at radius 2 is 1.96 bits per heavy atom. The first kappa shape index (κ1) is 32.1. The number of fused-ring (bicyclic) bond motifs is 2. The molecule has 3 heterocycles. The number of aromatic nitrogens is 2. The fourth-order valence-corrected chi connectivity index (χ4v) is 7.86. The number of hydrogen-bond donors (Lipinski definition) is 2. The molecule has 0 saturated carbocycles. The van der Waals surface area contributed by atoms with E-state index in [0.717, 1.165) is 58.4 Å². The number of benzene rings is 2. The summed E-state index contributed by atoms with van der Waals surface area (Å²) in [6, 6.07) is 13.6. The van der Waals surface area contributed by atoms with Crippen LogP contribution >= 0.6 is 22.7 Å². The van der Waals surface area contributed by atoms with Crippen molar-refractivity contribution in [2.45, 2.75) is 51.2 Å². The van der Waals surface area contributed by atoms with E-state index in [2.05, 4.69) is 63.5 Å². The van der Waals surface area contributed by atoms with Crippen molar-refractivity contribution in [3.8, 4) is 0 Å². The fraction of sp³-hybridized carbons (Fsp3) is 0.371. The molecule has 0 spiro atoms. The highest BCUT2D eigenvalue weighted by atomic mass is 32.1. The molecule has 6 rings (SSSR count). The van der Waals surface area contributed by atoms with Gasteiger partial charge in [-0.05, 0) is 88.5 Å². The standard InChI is InChI=1S/C35H39N5O4S2/c1-39(2)19-6-8-23-14-16-25(17-15-23)44-21-7-13-30-31(33(42)43)37-35(46-30)40-20-18-24-9-5-10-26(27(24)22-40)32(41)38-34-36-28-11-3-4-12-29(28)45-34/h3-5,9-12,14-16,25H,6-8,13,17-22H2,1-2H3,(H,42,43)(H,36,38,41). The number of hydrogen-bond acceptors (Lipinski definition) is 9. The lowest BCUT2D eigenvalue weighted by atomic mass is 9.94. The number of nitrogens with zero attached hydrogens (tertiary/aromatic N) is 4. The summed E-state index contributed by atoms with van der Waals surface area (Å²) in [5.41, 5.74) is 4.98. The van der Waals surface area contributed by atoms with Crippen LogP contribution in [-0.2, 0) is 24.1 Å². The van der Waals surface area contributed by atoms with Crippen LogP contribution in [0.15, 0.2) is 66.3 Å². The molecule has 1 aliphatic heterocycles. The van der Waals surface area contributed by atoms with Crippen LogP contribution in [0.2, 0.25) is 0 Å². The fourth-order valence-electron chi connectivity index (χ4n) is 5.88. The predicted molar refractivity (Wildman–Crippen MR) is 186 cm³/mol. The Balaban J connectivity index is 1.06. The maximum Gasteiger partial charge on any atom is 0.355 e. The number of para-hydroxylation sites is 1. The van der Waals surface area contributed by atoms with Crippen LogP contribution in [0.25, 0.3) is 10.2 Å². The van der Waals surface area contributed by atoms with Gasteiger partial charge in [0.15, 0.2) is 16.0 Å². The Morgan fingerprint density at radius 3 is 2.74 bits per heavy atom. The van der Waals surface area contributed by atoms with Crippen molar-refractivity contribution in [1.29, 1.82) is 0 Å². The van der Waals surface area contributed by atoms with Crippen molar-refractivity contribution in [2.24, 2.45) is 0 Å². The van der Waals surface area contributed by atoms with Crippen molar-refractivity contribution in [1.82, 2.24) is 14.9 Å². The van der Waals surface area contributed by atoms with Gasteiger partial charge >= 0.3 is 5.97 Å². The van der Waals surface area contributed by atoms with E-state index in [0.29, 0.717) is 48.4 Å². The molecule has 4 aromatic rings. The van der Waals surface area contributed by atoms with Crippen molar-refractivity contribution >= 4 is 55.0 Å². The number of carbonyl (C=O) groups is 2. The van der Waals surface area contributed by atoms with E-state index in [9.17, 15) is 14.7 Å². The van der Waals surface area contributed by atoms with Crippen LogP contribution in [0.4, 0.5) is 10.3 Å². The second-order valence-electron chi connectivity index (χ2n) is 11.9. The van der Waals surface area contributed by atoms with Crippen LogP contribution in [0.1, 0.15) is 62.5 Å². The van der Waals surface area contributed by atoms with Gasteiger partial charge in [-0.15, -0.1) is 11.3 Å². The molecular weight excluding hydrogens is 619 g/mol. The predicted octanol–water partition coefficient (Wildman–Crippen LogP) is 6.81. The van der Waals surface area contributed by atoms with E-state index in [4.69, 9.17) is 4.74 Å². The van der Waals surface area contributed by atoms with Gasteiger partial charge in [-0.25, -0.2) is 14.8 Å². The second-order valence-corrected chi connectivity index (χ2v) is 14.0. The zero-order chi connectivity index (χ0) is 32.0. The summed E-state index contributed by atoms with van der Waals surface area (Å²) in [6.07, 6.45) is 11.8. The van der Waals surface area contributed by atoms with E-state index < -0.39 is 5.97 Å². The van der Waals surface area contributed by atoms with Crippen LogP contribution < -0.4 is 10.2 Å². The van der Waals surface area contributed by atoms with Crippen LogP contribution in [0.5, 0.6) is 0 Å². The molecule has 2 aliphatic rings. The number of aromatic carboxylic acids is 1. The van der Waals surface area contributed by atoms with Gasteiger partial charge < -0.3 is 19.6 Å². The zero-order valence-electron chi connectivity index (χ0n) is 26.2. The number of ether oxygens (including phenoxy) is 1. The molecule has 1 aliphatic carbocycles. The van der Waals surface area contributed by atoms with Crippen molar-refractivity contribution in [2.75, 3.05) is 44.0 Å². The SMILES string of the molecule is CN(C)CCCC1=CCC(OCCCc2sc(N3CCc4cccc(C(=O)Nc5nc6ccccc6s5)c4C3)nc2C(=O)O)C=C1. The maximum atomic E-state index is 13.4. The first-order valence-electron chi connectivity index (χ1n) is 15.7. The number of carboxylic acid groups (broad SMARTS) is 1. The summed E-state index contributed by atoms with van der Waals surface area (Å²) >= 11 is 2.87. The summed E-state index contributed by atoms with van der Waals surface area (Å²) in [5, 5.41) is 14.2. The largest absolute Gasteiger partial charge is 0.476 e. The molecule has 0 radical (unpaired) electrons. The molecule has 9 nitrogen and oxygen atoms in total. The number of anilines is 2. The third-order valence-corrected chi connectivity index (χ3v) is 10.4. The number of amides is 1. The third kappa shape index (κ3) is 7.72. The number of aryl methyl sites for hydroxylation is 1. The summed E-state index contributed by atoms with van der Waals surface area (Å²) in [5.74, 6) is -1.22. The minimum Gasteiger partial charge on any atom is -0.476 e. The van der Waals surface area contributed by atoms with Gasteiger partial charge in [-0.3, -0.25) is 10.1 Å². The zero-order valence-corrected chi connectivity index (χ0v) is 27.8. The summed E-state index contributed by atoms with van der Waals surface area (Å²) in [6.45, 7) is 2.81. The van der Waals surface area contributed by atoms with Gasteiger partial charge in [0.05, 0.1) is 16.3 Å². The smallest absolute Gasteiger partial charge is 0.355 e. The average Bonchev–Trinajstić information content (AvgIpc) is 3.67. The normalized spacial score (nSPS) is 16.1. The number of rotatable bonds is 13. The summed E-state index contributed by atoms with van der Waals surface area (Å²) in [7, 11) is 4.19. The van der Waals surface area contributed by atoms with Crippen molar-refractivity contribution in [3.63, 3.8) is 0 Å². The topological polar surface area (TPSA) is 108 Å². The van der Waals surface area contributed by atoms with Gasteiger partial charge in [0, 0.05) is 30.1 Å². The molecule has 1 amide bonds. The van der Waals surface area contributed by atoms with Gasteiger partial charge in [0.2, 0.25) is 0 Å². The van der Waals surface area contributed by atoms with Gasteiger partial charge in [-0.1, -0.05) is 59.4 Å². The second kappa shape index (κ2) is 14.7. The Labute approximate surface area is 277 Å². The van der Waals surface area contributed by atoms with Crippen LogP contribution in [0, 0.1) is 0 Å². The quantitative estimate of drug-likeness (QED) is 0.151. The van der Waals surface area contributed by atoms with Gasteiger partial charge in [0.1, 0.15) is 0 Å². The lowest BCUT2D eigenvalue weighted by Crippen LogP contribution is -2.32. The monoisotopic (exact) mass is 657 g/mol. The van der Waals surface area contributed by atoms with Crippen LogP contribution in [-0.4, -0.2) is 71.7 Å². The number of thiazole rings is 2. The minimum absolute atomic E-state index is 0.0584. The highest BCUT2D eigenvalue weighted by molar-refractivity contribution is 7.22. The molecule has 11 heteroatoms. The first-order chi connectivity index (χ1) is 22.3. The van der Waals surface area contributed by atoms with Crippen molar-refractivity contribution in [3.05, 3.63) is 93.5 Å². The number of nitrogens with one attached hydrogen (secondary N) is 1. The van der Waals surface area contributed by atoms with E-state index in [1.54, 1.807) is 0 Å². The molecule has 240 valence electrons. The Bertz CT molecular complexity index is 1740. The van der Waals surface area contributed by atoms with E-state index in [1.165, 1.54) is 28.2 Å². The Kier molecular flexibility index (Phi) is 10.2. The van der Waals surface area contributed by atoms with Gasteiger partial charge in [0.25, 0.3) is 5.91 Å². The van der Waals surface area contributed by atoms with Crippen LogP contribution in [0.3, 0.4) is 0 Å². The maximum absolute atomic E-state index is 13.4. The van der Waals surface area contributed by atoms with Crippen molar-refractivity contribution < 1.29 is 19.4 Å². The summed E-state index contributed by atoms with van der Waals surface area (Å²) in [4.78, 5) is 39.7. The molecular formula is C35H39N5O4S2. The molecule has 1 atom stereocenters. The number of carbonyl (C=O) groups excluding carboxylic acids is 1. The van der Waals surface area contributed by atoms with E-state index in [1.807, 2.05) is 36.4 Å². The molecule has 2 N–H and O–H groups in total. The highest BCUT2D eigenvalue weighted by Gasteiger charge is 2.27. The van der Waals surface area contributed by atoms with Gasteiger partial charge in [-0.2, -0.15) is 0 Å². The average molecular weight is 658 g/mol. The molecule has 1 unspecified atom stereocenters. The molecule has 46 heavy (non-hydrogen) atoms. The molecule has 0 saturated heterocycles. The van der Waals surface area contributed by atoms with E-state index in [-0.39, 0.29) is 17.7 Å². The minimum atomic E-state index is -1.02. The van der Waals surface area contributed by atoms with E-state index >= 15 is 0 Å². The number of carboxylic acids is 1. The Morgan fingerprint density at radius 1 is 1.09 bits per heavy atom. The highest BCUT2D eigenvalue weighted by Crippen LogP contribution is 2.33. The molecule has 0 bridgehead atoms. The molecule has 2 aromatic carbocycles. The summed E-state index contributed by atoms with van der Waals surface area (Å²) < 4.78 is 7.11. The molecule has 0 fully saturated rings. The Hall–Kier alpha value is -3.90. The first-order valence-corrected chi connectivity index (χ1v) is 17.4. The lowest BCUT2D eigenvalue weighted by Gasteiger charge is -2.29. The molecule has 2 aromatic heterocycles. The lowest BCUT2D eigenvalue weighted by molar-refractivity contribution is 0.0688. The third-order valence-electron chi connectivity index (χ3n) is 8.28. The number of allylic oxidation sites excluding steroid dienone is 2.